The van der Waals surface area contributed by atoms with Crippen LogP contribution in [0.4, 0.5) is 5.69 Å². The number of benzene rings is 2. The average molecular weight is 482 g/mol. The molecule has 1 aliphatic heterocycles. The second-order valence-corrected chi connectivity index (χ2v) is 9.03. The summed E-state index contributed by atoms with van der Waals surface area (Å²) in [7, 11) is 3.33. The van der Waals surface area contributed by atoms with Crippen LogP contribution in [0.25, 0.3) is 0 Å². The zero-order valence-corrected chi connectivity index (χ0v) is 21.1. The molecule has 1 N–H and O–H groups in total. The fourth-order valence-electron chi connectivity index (χ4n) is 4.20. The van der Waals surface area contributed by atoms with Crippen LogP contribution in [0.5, 0.6) is 5.75 Å². The molecule has 8 heteroatoms. The maximum atomic E-state index is 13.4. The van der Waals surface area contributed by atoms with Crippen molar-refractivity contribution in [3.05, 3.63) is 59.7 Å². The van der Waals surface area contributed by atoms with Crippen molar-refractivity contribution in [1.82, 2.24) is 9.80 Å². The normalized spacial score (nSPS) is 21.3. The minimum atomic E-state index is -0.268. The predicted octanol–water partition coefficient (Wildman–Crippen LogP) is 3.68. The van der Waals surface area contributed by atoms with E-state index >= 15 is 0 Å². The molecule has 8 nitrogen and oxygen atoms in total. The first-order valence-electron chi connectivity index (χ1n) is 12.0. The first kappa shape index (κ1) is 26.2. The quantitative estimate of drug-likeness (QED) is 0.720. The molecule has 3 amide bonds. The lowest BCUT2D eigenvalue weighted by Gasteiger charge is -2.36. The number of methoxy groups -OCH3 is 1. The van der Waals surface area contributed by atoms with E-state index in [1.165, 1.54) is 0 Å². The average Bonchev–Trinajstić information content (AvgIpc) is 2.88. The molecule has 188 valence electrons. The van der Waals surface area contributed by atoms with Crippen molar-refractivity contribution in [2.24, 2.45) is 5.92 Å². The monoisotopic (exact) mass is 481 g/mol. The molecule has 0 saturated heterocycles. The molecule has 0 saturated carbocycles. The lowest BCUT2D eigenvalue weighted by molar-refractivity contribution is -0.135. The minimum absolute atomic E-state index is 0.00333. The van der Waals surface area contributed by atoms with Crippen LogP contribution >= 0.6 is 0 Å². The van der Waals surface area contributed by atoms with E-state index in [0.29, 0.717) is 42.1 Å². The van der Waals surface area contributed by atoms with Gasteiger partial charge in [-0.1, -0.05) is 32.0 Å². The van der Waals surface area contributed by atoms with Crippen molar-refractivity contribution < 1.29 is 23.9 Å². The summed E-state index contributed by atoms with van der Waals surface area (Å²) in [6, 6.07) is 13.7. The van der Waals surface area contributed by atoms with E-state index in [-0.39, 0.29) is 42.4 Å². The molecule has 3 rings (SSSR count). The van der Waals surface area contributed by atoms with Crippen molar-refractivity contribution in [2.45, 2.75) is 39.3 Å². The summed E-state index contributed by atoms with van der Waals surface area (Å²) in [6.07, 6.45) is 0.141. The van der Waals surface area contributed by atoms with Crippen molar-refractivity contribution in [3.8, 4) is 5.75 Å². The smallest absolute Gasteiger partial charge is 0.257 e. The lowest BCUT2D eigenvalue weighted by atomic mass is 10.0. The summed E-state index contributed by atoms with van der Waals surface area (Å²) in [5.41, 5.74) is 1.34. The van der Waals surface area contributed by atoms with Gasteiger partial charge in [0.15, 0.2) is 0 Å². The number of fused-ring (bicyclic) bond motifs is 1. The molecule has 3 atom stereocenters. The molecule has 0 aliphatic carbocycles. The van der Waals surface area contributed by atoms with E-state index in [4.69, 9.17) is 9.47 Å². The Hall–Kier alpha value is -3.39. The van der Waals surface area contributed by atoms with Gasteiger partial charge in [-0.2, -0.15) is 0 Å². The molecule has 0 bridgehead atoms. The fraction of sp³-hybridized carbons (Fsp3) is 0.444. The summed E-state index contributed by atoms with van der Waals surface area (Å²) in [4.78, 5) is 42.2. The van der Waals surface area contributed by atoms with Gasteiger partial charge in [0.1, 0.15) is 12.4 Å². The van der Waals surface area contributed by atoms with Gasteiger partial charge in [-0.3, -0.25) is 14.4 Å². The van der Waals surface area contributed by atoms with Crippen LogP contribution in [0.15, 0.2) is 48.5 Å². The van der Waals surface area contributed by atoms with Crippen LogP contribution in [0, 0.1) is 5.92 Å². The topological polar surface area (TPSA) is 88.2 Å². The van der Waals surface area contributed by atoms with Gasteiger partial charge < -0.3 is 24.6 Å². The molecule has 0 spiro atoms. The molecule has 1 heterocycles. The Morgan fingerprint density at radius 1 is 1.11 bits per heavy atom. The van der Waals surface area contributed by atoms with Gasteiger partial charge in [-0.05, 0) is 37.3 Å². The van der Waals surface area contributed by atoms with Crippen molar-refractivity contribution in [1.29, 1.82) is 0 Å². The third-order valence-electron chi connectivity index (χ3n) is 6.36. The number of anilines is 1. The zero-order valence-electron chi connectivity index (χ0n) is 21.1. The summed E-state index contributed by atoms with van der Waals surface area (Å²) < 4.78 is 11.8. The third-order valence-corrected chi connectivity index (χ3v) is 6.36. The lowest BCUT2D eigenvalue weighted by Crippen LogP contribution is -2.48. The Labute approximate surface area is 207 Å². The maximum Gasteiger partial charge on any atom is 0.257 e. The first-order valence-corrected chi connectivity index (χ1v) is 12.0. The van der Waals surface area contributed by atoms with E-state index in [2.05, 4.69) is 5.32 Å². The third kappa shape index (κ3) is 6.39. The minimum Gasteiger partial charge on any atom is -0.491 e. The maximum absolute atomic E-state index is 13.4. The van der Waals surface area contributed by atoms with Gasteiger partial charge in [0.25, 0.3) is 11.8 Å². The Morgan fingerprint density at radius 3 is 2.49 bits per heavy atom. The zero-order chi connectivity index (χ0) is 25.5. The number of carbonyl (C=O) groups excluding carboxylic acids is 3. The number of rotatable bonds is 4. The van der Waals surface area contributed by atoms with Crippen molar-refractivity contribution in [3.63, 3.8) is 0 Å². The highest BCUT2D eigenvalue weighted by Gasteiger charge is 2.30. The summed E-state index contributed by atoms with van der Waals surface area (Å²) in [5.74, 6) is -0.0548. The van der Waals surface area contributed by atoms with Crippen LogP contribution in [-0.4, -0.2) is 73.5 Å². The largest absolute Gasteiger partial charge is 0.491 e. The predicted molar refractivity (Wildman–Crippen MR) is 135 cm³/mol. The highest BCUT2D eigenvalue weighted by atomic mass is 16.5. The fourth-order valence-corrected chi connectivity index (χ4v) is 4.20. The Bertz CT molecular complexity index is 1040. The number of nitrogens with one attached hydrogen (secondary N) is 1. The number of hydrogen-bond acceptors (Lipinski definition) is 5. The number of likely N-dealkylation sites (N-methyl/N-ethyl adjacent to an activating group) is 1. The molecule has 0 unspecified atom stereocenters. The van der Waals surface area contributed by atoms with Gasteiger partial charge in [0.2, 0.25) is 5.91 Å². The number of hydrogen-bond donors (Lipinski definition) is 1. The van der Waals surface area contributed by atoms with E-state index in [9.17, 15) is 14.4 Å². The van der Waals surface area contributed by atoms with Crippen molar-refractivity contribution in [2.75, 3.05) is 39.2 Å². The van der Waals surface area contributed by atoms with E-state index in [1.54, 1.807) is 61.5 Å². The number of ether oxygens (including phenoxy) is 2. The summed E-state index contributed by atoms with van der Waals surface area (Å²) >= 11 is 0. The molecule has 35 heavy (non-hydrogen) atoms. The van der Waals surface area contributed by atoms with E-state index in [0.717, 1.165) is 0 Å². The Kier molecular flexibility index (Phi) is 8.87. The molecule has 0 fully saturated rings. The van der Waals surface area contributed by atoms with Crippen LogP contribution in [0.2, 0.25) is 0 Å². The first-order chi connectivity index (χ1) is 16.7. The highest BCUT2D eigenvalue weighted by molar-refractivity contribution is 6.05. The summed E-state index contributed by atoms with van der Waals surface area (Å²) in [6.45, 7) is 6.89. The van der Waals surface area contributed by atoms with Crippen LogP contribution in [0.3, 0.4) is 0 Å². The van der Waals surface area contributed by atoms with Crippen molar-refractivity contribution >= 4 is 23.4 Å². The molecule has 0 aromatic heterocycles. The highest BCUT2D eigenvalue weighted by Crippen LogP contribution is 2.27. The molecule has 1 aliphatic rings. The van der Waals surface area contributed by atoms with Gasteiger partial charge in [-0.25, -0.2) is 0 Å². The van der Waals surface area contributed by atoms with Gasteiger partial charge in [-0.15, -0.1) is 0 Å². The van der Waals surface area contributed by atoms with Crippen LogP contribution in [-0.2, 0) is 9.53 Å². The van der Waals surface area contributed by atoms with Gasteiger partial charge >= 0.3 is 0 Å². The molecular formula is C27H35N3O5. The van der Waals surface area contributed by atoms with Gasteiger partial charge in [0, 0.05) is 50.8 Å². The molecule has 2 aromatic rings. The summed E-state index contributed by atoms with van der Waals surface area (Å²) in [5, 5.41) is 2.85. The Morgan fingerprint density at radius 2 is 1.83 bits per heavy atom. The Balaban J connectivity index is 1.94. The van der Waals surface area contributed by atoms with E-state index < -0.39 is 0 Å². The van der Waals surface area contributed by atoms with E-state index in [1.807, 2.05) is 31.7 Å². The second kappa shape index (κ2) is 11.8. The van der Waals surface area contributed by atoms with Gasteiger partial charge in [0.05, 0.1) is 17.7 Å². The number of nitrogens with zero attached hydrogens (tertiary/aromatic N) is 2. The SMILES string of the molecule is CCC(=O)N1C[C@H](C)[C@H](OC)CN(C)C(=O)c2cc(NC(=O)c3ccccc3)ccc2OC[C@@H]1C. The molecular weight excluding hydrogens is 446 g/mol. The van der Waals surface area contributed by atoms with Crippen LogP contribution < -0.4 is 10.1 Å². The van der Waals surface area contributed by atoms with Crippen LogP contribution in [0.1, 0.15) is 47.9 Å². The number of carbonyl (C=O) groups is 3. The molecule has 0 radical (unpaired) electrons. The second-order valence-electron chi connectivity index (χ2n) is 9.03. The number of amides is 3. The standard InChI is InChI=1S/C27H35N3O5/c1-6-25(31)30-15-18(2)24(34-5)16-29(4)27(33)22-14-21(12-13-23(22)35-17-19(30)3)28-26(32)20-10-8-7-9-11-20/h7-14,18-19,24H,6,15-17H2,1-5H3,(H,28,32)/t18-,19-,24+/m0/s1. The molecule has 2 aromatic carbocycles.